The molecule has 2 aromatic carbocycles. The smallest absolute Gasteiger partial charge is 0.229 e. The summed E-state index contributed by atoms with van der Waals surface area (Å²) in [7, 11) is 0. The van der Waals surface area contributed by atoms with E-state index in [2.05, 4.69) is 81.8 Å². The molecule has 1 saturated heterocycles. The van der Waals surface area contributed by atoms with Crippen LogP contribution in [0.2, 0.25) is 0 Å². The summed E-state index contributed by atoms with van der Waals surface area (Å²) in [5.74, 6) is 1.89. The number of hydrogen-bond acceptors (Lipinski definition) is 3. The number of nitrogens with one attached hydrogen (secondary N) is 2. The molecule has 182 valence electrons. The SMILES string of the molecule is Cc1ccc(NC(=S)/N=C(/Nc2nc(C)cc(C)n2)N2CCC(Cc3ccccc3)CC2)c(C)c1. The van der Waals surface area contributed by atoms with Crippen LogP contribution in [0.4, 0.5) is 11.6 Å². The number of hydrogen-bond donors (Lipinski definition) is 2. The van der Waals surface area contributed by atoms with Crippen molar-refractivity contribution >= 4 is 34.9 Å². The molecule has 7 heteroatoms. The topological polar surface area (TPSA) is 65.4 Å². The Hall–Kier alpha value is -3.32. The maximum absolute atomic E-state index is 5.65. The van der Waals surface area contributed by atoms with E-state index >= 15 is 0 Å². The van der Waals surface area contributed by atoms with E-state index in [0.717, 1.165) is 55.0 Å². The highest BCUT2D eigenvalue weighted by Gasteiger charge is 2.23. The van der Waals surface area contributed by atoms with Gasteiger partial charge < -0.3 is 10.2 Å². The van der Waals surface area contributed by atoms with E-state index < -0.39 is 0 Å². The Balaban J connectivity index is 1.50. The molecular weight excluding hydrogens is 452 g/mol. The fourth-order valence-corrected chi connectivity index (χ4v) is 4.75. The number of aryl methyl sites for hydroxylation is 4. The summed E-state index contributed by atoms with van der Waals surface area (Å²) >= 11 is 5.65. The molecule has 6 nitrogen and oxygen atoms in total. The quantitative estimate of drug-likeness (QED) is 0.275. The number of nitrogens with zero attached hydrogens (tertiary/aromatic N) is 4. The second-order valence-electron chi connectivity index (χ2n) is 9.40. The third kappa shape index (κ3) is 7.09. The molecule has 1 fully saturated rings. The Morgan fingerprint density at radius 1 is 0.943 bits per heavy atom. The summed E-state index contributed by atoms with van der Waals surface area (Å²) < 4.78 is 0. The van der Waals surface area contributed by atoms with Crippen LogP contribution in [-0.4, -0.2) is 39.0 Å². The number of guanidine groups is 1. The van der Waals surface area contributed by atoms with E-state index in [1.54, 1.807) is 0 Å². The highest BCUT2D eigenvalue weighted by molar-refractivity contribution is 7.80. The maximum Gasteiger partial charge on any atom is 0.229 e. The molecule has 1 aliphatic rings. The van der Waals surface area contributed by atoms with Crippen LogP contribution in [0.3, 0.4) is 0 Å². The lowest BCUT2D eigenvalue weighted by Gasteiger charge is -2.34. The highest BCUT2D eigenvalue weighted by Crippen LogP contribution is 2.23. The van der Waals surface area contributed by atoms with Crippen molar-refractivity contribution < 1.29 is 0 Å². The van der Waals surface area contributed by atoms with E-state index in [-0.39, 0.29) is 0 Å². The predicted octanol–water partition coefficient (Wildman–Crippen LogP) is 5.83. The Morgan fingerprint density at radius 2 is 1.63 bits per heavy atom. The number of rotatable bonds is 4. The van der Waals surface area contributed by atoms with Gasteiger partial charge in [0.25, 0.3) is 0 Å². The van der Waals surface area contributed by atoms with Crippen LogP contribution in [0.25, 0.3) is 0 Å². The summed E-state index contributed by atoms with van der Waals surface area (Å²) in [6.45, 7) is 9.90. The monoisotopic (exact) mass is 486 g/mol. The maximum atomic E-state index is 5.65. The molecule has 0 atom stereocenters. The predicted molar refractivity (Wildman–Crippen MR) is 149 cm³/mol. The zero-order valence-corrected chi connectivity index (χ0v) is 21.8. The van der Waals surface area contributed by atoms with Gasteiger partial charge in [0.05, 0.1) is 0 Å². The van der Waals surface area contributed by atoms with Crippen molar-refractivity contribution in [3.63, 3.8) is 0 Å². The summed E-state index contributed by atoms with van der Waals surface area (Å²) in [5.41, 5.74) is 6.55. The van der Waals surface area contributed by atoms with Gasteiger partial charge in [-0.05, 0) is 88.4 Å². The van der Waals surface area contributed by atoms with Crippen molar-refractivity contribution in [3.8, 4) is 0 Å². The number of aliphatic imine (C=N–C) groups is 1. The molecule has 35 heavy (non-hydrogen) atoms. The molecular formula is C28H34N6S. The molecule has 0 bridgehead atoms. The van der Waals surface area contributed by atoms with Gasteiger partial charge in [0, 0.05) is 30.2 Å². The number of likely N-dealkylation sites (tertiary alicyclic amines) is 1. The van der Waals surface area contributed by atoms with Crippen molar-refractivity contribution in [2.45, 2.75) is 47.0 Å². The molecule has 3 aromatic rings. The first-order valence-corrected chi connectivity index (χ1v) is 12.6. The molecule has 0 saturated carbocycles. The van der Waals surface area contributed by atoms with Gasteiger partial charge in [0.15, 0.2) is 0 Å². The van der Waals surface area contributed by atoms with E-state index in [4.69, 9.17) is 17.2 Å². The van der Waals surface area contributed by atoms with Crippen molar-refractivity contribution in [1.29, 1.82) is 0 Å². The van der Waals surface area contributed by atoms with Crippen LogP contribution < -0.4 is 10.6 Å². The number of benzene rings is 2. The Bertz CT molecular complexity index is 1180. The molecule has 0 aliphatic carbocycles. The van der Waals surface area contributed by atoms with E-state index in [1.165, 1.54) is 11.1 Å². The Kier molecular flexibility index (Phi) is 8.08. The lowest BCUT2D eigenvalue weighted by molar-refractivity contribution is 0.265. The first-order chi connectivity index (χ1) is 16.9. The van der Waals surface area contributed by atoms with Gasteiger partial charge in [0.2, 0.25) is 17.0 Å². The van der Waals surface area contributed by atoms with Crippen LogP contribution in [0.1, 0.15) is 40.9 Å². The fraction of sp³-hybridized carbons (Fsp3) is 0.357. The van der Waals surface area contributed by atoms with Gasteiger partial charge in [-0.15, -0.1) is 0 Å². The Labute approximate surface area is 213 Å². The van der Waals surface area contributed by atoms with Crippen molar-refractivity contribution in [1.82, 2.24) is 14.9 Å². The van der Waals surface area contributed by atoms with Crippen molar-refractivity contribution in [3.05, 3.63) is 82.7 Å². The molecule has 1 aliphatic heterocycles. The van der Waals surface area contributed by atoms with Gasteiger partial charge in [0.1, 0.15) is 0 Å². The largest absolute Gasteiger partial charge is 0.342 e. The summed E-state index contributed by atoms with van der Waals surface area (Å²) in [6, 6.07) is 19.0. The molecule has 0 amide bonds. The number of piperidine rings is 1. The lowest BCUT2D eigenvalue weighted by atomic mass is 9.90. The number of thiocarbonyl (C=S) groups is 1. The van der Waals surface area contributed by atoms with E-state index in [1.807, 2.05) is 26.0 Å². The second-order valence-corrected chi connectivity index (χ2v) is 9.79. The molecule has 1 aromatic heterocycles. The minimum absolute atomic E-state index is 0.412. The first-order valence-electron chi connectivity index (χ1n) is 12.2. The Morgan fingerprint density at radius 3 is 2.29 bits per heavy atom. The molecule has 0 unspecified atom stereocenters. The summed E-state index contributed by atoms with van der Waals surface area (Å²) in [4.78, 5) is 16.2. The molecule has 0 spiro atoms. The van der Waals surface area contributed by atoms with Crippen LogP contribution in [-0.2, 0) is 6.42 Å². The third-order valence-corrected chi connectivity index (χ3v) is 6.51. The van der Waals surface area contributed by atoms with Gasteiger partial charge in [-0.1, -0.05) is 48.0 Å². The molecule has 0 radical (unpaired) electrons. The summed E-state index contributed by atoms with van der Waals surface area (Å²) in [5, 5.41) is 7.07. The van der Waals surface area contributed by atoms with E-state index in [9.17, 15) is 0 Å². The zero-order chi connectivity index (χ0) is 24.8. The number of aromatic nitrogens is 2. The standard InChI is InChI=1S/C28H34N6S/c1-19-10-11-25(20(2)16-19)31-28(35)33-27(32-26-29-21(3)17-22(4)30-26)34-14-12-24(13-15-34)18-23-8-6-5-7-9-23/h5-11,16-17,24H,12-15,18H2,1-4H3,(H2,29,30,31,32,33,35). The van der Waals surface area contributed by atoms with Crippen molar-refractivity contribution in [2.75, 3.05) is 23.7 Å². The average molecular weight is 487 g/mol. The summed E-state index contributed by atoms with van der Waals surface area (Å²) in [6.07, 6.45) is 3.31. The molecule has 2 heterocycles. The van der Waals surface area contributed by atoms with Crippen LogP contribution in [0, 0.1) is 33.6 Å². The van der Waals surface area contributed by atoms with Crippen LogP contribution in [0.5, 0.6) is 0 Å². The van der Waals surface area contributed by atoms with Crippen molar-refractivity contribution in [2.24, 2.45) is 10.9 Å². The van der Waals surface area contributed by atoms with E-state index in [0.29, 0.717) is 22.9 Å². The van der Waals surface area contributed by atoms with Gasteiger partial charge in [-0.2, -0.15) is 4.99 Å². The first kappa shape index (κ1) is 24.8. The van der Waals surface area contributed by atoms with Crippen LogP contribution in [0.15, 0.2) is 59.6 Å². The molecule has 4 rings (SSSR count). The van der Waals surface area contributed by atoms with Gasteiger partial charge in [-0.25, -0.2) is 9.97 Å². The normalized spacial score (nSPS) is 14.6. The second kappa shape index (κ2) is 11.4. The fourth-order valence-electron chi connectivity index (χ4n) is 4.55. The highest BCUT2D eigenvalue weighted by atomic mass is 32.1. The van der Waals surface area contributed by atoms with Gasteiger partial charge >= 0.3 is 0 Å². The van der Waals surface area contributed by atoms with Crippen LogP contribution >= 0.6 is 12.2 Å². The number of anilines is 2. The molecule has 2 N–H and O–H groups in total. The lowest BCUT2D eigenvalue weighted by Crippen LogP contribution is -2.43. The third-order valence-electron chi connectivity index (χ3n) is 6.32. The van der Waals surface area contributed by atoms with Gasteiger partial charge in [-0.3, -0.25) is 5.32 Å². The minimum atomic E-state index is 0.412. The minimum Gasteiger partial charge on any atom is -0.342 e. The average Bonchev–Trinajstić information content (AvgIpc) is 2.81. The zero-order valence-electron chi connectivity index (χ0n) is 21.0.